The van der Waals surface area contributed by atoms with E-state index in [9.17, 15) is 9.59 Å². The third kappa shape index (κ3) is 2.01. The first-order chi connectivity index (χ1) is 8.46. The van der Waals surface area contributed by atoms with Crippen molar-refractivity contribution in [2.24, 2.45) is 5.10 Å². The molecule has 0 bridgehead atoms. The Kier molecular flexibility index (Phi) is 2.94. The Bertz CT molecular complexity index is 520. The molecule has 0 aromatic carbocycles. The van der Waals surface area contributed by atoms with Gasteiger partial charge in [-0.2, -0.15) is 5.10 Å². The summed E-state index contributed by atoms with van der Waals surface area (Å²) in [5.41, 5.74) is -0.868. The van der Waals surface area contributed by atoms with E-state index in [4.69, 9.17) is 4.42 Å². The summed E-state index contributed by atoms with van der Waals surface area (Å²) in [6, 6.07) is 2.99. The minimum Gasteiger partial charge on any atom is -0.460 e. The number of urea groups is 1. The molecule has 6 heteroatoms. The molecule has 1 saturated heterocycles. The topological polar surface area (TPSA) is 74.9 Å². The molecule has 3 amide bonds. The Morgan fingerprint density at radius 1 is 1.50 bits per heavy atom. The van der Waals surface area contributed by atoms with Crippen LogP contribution in [0.5, 0.6) is 0 Å². The van der Waals surface area contributed by atoms with Crippen LogP contribution in [-0.2, 0) is 4.79 Å². The quantitative estimate of drug-likeness (QED) is 0.653. The number of carbonyl (C=O) groups is 2. The lowest BCUT2D eigenvalue weighted by Gasteiger charge is -2.17. The molecule has 0 unspecified atom stereocenters. The number of imide groups is 1. The zero-order chi connectivity index (χ0) is 13.3. The summed E-state index contributed by atoms with van der Waals surface area (Å²) in [4.78, 5) is 23.6. The SMILES string of the molecule is CC[C@]1(C)NC(=O)N(/N=C\c2ccc(C)o2)C1=O. The van der Waals surface area contributed by atoms with Gasteiger partial charge in [0, 0.05) is 0 Å². The summed E-state index contributed by atoms with van der Waals surface area (Å²) < 4.78 is 5.27. The Hall–Kier alpha value is -2.11. The second-order valence-corrected chi connectivity index (χ2v) is 4.43. The van der Waals surface area contributed by atoms with Crippen LogP contribution in [-0.4, -0.2) is 28.7 Å². The molecule has 2 rings (SSSR count). The lowest BCUT2D eigenvalue weighted by Crippen LogP contribution is -2.42. The van der Waals surface area contributed by atoms with Gasteiger partial charge < -0.3 is 9.73 Å². The minimum atomic E-state index is -0.868. The van der Waals surface area contributed by atoms with Gasteiger partial charge in [-0.05, 0) is 32.4 Å². The fourth-order valence-electron chi connectivity index (χ4n) is 1.65. The molecule has 1 N–H and O–H groups in total. The molecule has 1 atom stereocenters. The molecular formula is C12H15N3O3. The lowest BCUT2D eigenvalue weighted by molar-refractivity contribution is -0.130. The average molecular weight is 249 g/mol. The van der Waals surface area contributed by atoms with Crippen molar-refractivity contribution in [3.63, 3.8) is 0 Å². The molecule has 0 aliphatic carbocycles. The number of rotatable bonds is 3. The first kappa shape index (κ1) is 12.3. The van der Waals surface area contributed by atoms with E-state index in [1.807, 2.05) is 6.92 Å². The maximum absolute atomic E-state index is 12.0. The van der Waals surface area contributed by atoms with Crippen molar-refractivity contribution in [3.05, 3.63) is 23.7 Å². The lowest BCUT2D eigenvalue weighted by atomic mass is 10.00. The van der Waals surface area contributed by atoms with Crippen molar-refractivity contribution in [2.75, 3.05) is 0 Å². The number of carbonyl (C=O) groups excluding carboxylic acids is 2. The van der Waals surface area contributed by atoms with E-state index >= 15 is 0 Å². The Morgan fingerprint density at radius 3 is 2.72 bits per heavy atom. The molecule has 2 heterocycles. The maximum Gasteiger partial charge on any atom is 0.346 e. The van der Waals surface area contributed by atoms with Gasteiger partial charge in [0.2, 0.25) is 0 Å². The number of furan rings is 1. The normalized spacial score (nSPS) is 24.1. The number of hydrogen-bond acceptors (Lipinski definition) is 4. The molecule has 0 radical (unpaired) electrons. The molecular weight excluding hydrogens is 234 g/mol. The van der Waals surface area contributed by atoms with Crippen molar-refractivity contribution in [2.45, 2.75) is 32.7 Å². The monoisotopic (exact) mass is 249 g/mol. The highest BCUT2D eigenvalue weighted by Gasteiger charge is 2.46. The van der Waals surface area contributed by atoms with Crippen molar-refractivity contribution >= 4 is 18.2 Å². The van der Waals surface area contributed by atoms with E-state index in [1.165, 1.54) is 6.21 Å². The number of amides is 3. The van der Waals surface area contributed by atoms with Gasteiger partial charge in [-0.1, -0.05) is 6.92 Å². The summed E-state index contributed by atoms with van der Waals surface area (Å²) in [7, 11) is 0. The van der Waals surface area contributed by atoms with E-state index in [2.05, 4.69) is 10.4 Å². The van der Waals surface area contributed by atoms with E-state index in [-0.39, 0.29) is 5.91 Å². The van der Waals surface area contributed by atoms with Gasteiger partial charge in [0.05, 0.1) is 6.21 Å². The van der Waals surface area contributed by atoms with E-state index in [0.717, 1.165) is 10.8 Å². The predicted molar refractivity (Wildman–Crippen MR) is 65.1 cm³/mol. The third-order valence-corrected chi connectivity index (χ3v) is 3.01. The number of aryl methyl sites for hydroxylation is 1. The van der Waals surface area contributed by atoms with Crippen molar-refractivity contribution in [3.8, 4) is 0 Å². The van der Waals surface area contributed by atoms with Crippen LogP contribution in [0, 0.1) is 6.92 Å². The number of hydrazone groups is 1. The van der Waals surface area contributed by atoms with Crippen molar-refractivity contribution in [1.29, 1.82) is 0 Å². The molecule has 1 fully saturated rings. The second-order valence-electron chi connectivity index (χ2n) is 4.43. The number of nitrogens with zero attached hydrogens (tertiary/aromatic N) is 2. The smallest absolute Gasteiger partial charge is 0.346 e. The highest BCUT2D eigenvalue weighted by atomic mass is 16.3. The zero-order valence-corrected chi connectivity index (χ0v) is 10.6. The largest absolute Gasteiger partial charge is 0.460 e. The van der Waals surface area contributed by atoms with Crippen LogP contribution in [0.3, 0.4) is 0 Å². The molecule has 1 aliphatic heterocycles. The van der Waals surface area contributed by atoms with Gasteiger partial charge in [0.1, 0.15) is 17.1 Å². The van der Waals surface area contributed by atoms with Gasteiger partial charge in [-0.3, -0.25) is 4.79 Å². The molecule has 96 valence electrons. The van der Waals surface area contributed by atoms with E-state index in [0.29, 0.717) is 12.2 Å². The van der Waals surface area contributed by atoms with Gasteiger partial charge in [0.15, 0.2) is 0 Å². The maximum atomic E-state index is 12.0. The summed E-state index contributed by atoms with van der Waals surface area (Å²) >= 11 is 0. The molecule has 18 heavy (non-hydrogen) atoms. The minimum absolute atomic E-state index is 0.352. The molecule has 1 aromatic heterocycles. The Morgan fingerprint density at radius 2 is 2.22 bits per heavy atom. The predicted octanol–water partition coefficient (Wildman–Crippen LogP) is 1.64. The summed E-state index contributed by atoms with van der Waals surface area (Å²) in [5, 5.41) is 7.31. The van der Waals surface area contributed by atoms with Crippen LogP contribution in [0.2, 0.25) is 0 Å². The summed E-state index contributed by atoms with van der Waals surface area (Å²) in [6.45, 7) is 5.32. The third-order valence-electron chi connectivity index (χ3n) is 3.01. The fraction of sp³-hybridized carbons (Fsp3) is 0.417. The van der Waals surface area contributed by atoms with E-state index < -0.39 is 11.6 Å². The van der Waals surface area contributed by atoms with Crippen LogP contribution >= 0.6 is 0 Å². The molecule has 6 nitrogen and oxygen atoms in total. The summed E-state index contributed by atoms with van der Waals surface area (Å²) in [6.07, 6.45) is 1.87. The first-order valence-electron chi connectivity index (χ1n) is 5.73. The van der Waals surface area contributed by atoms with Crippen LogP contribution in [0.4, 0.5) is 4.79 Å². The highest BCUT2D eigenvalue weighted by molar-refractivity contribution is 6.07. The van der Waals surface area contributed by atoms with Gasteiger partial charge in [-0.15, -0.1) is 5.01 Å². The Balaban J connectivity index is 2.17. The van der Waals surface area contributed by atoms with Crippen LogP contribution in [0.25, 0.3) is 0 Å². The van der Waals surface area contributed by atoms with Crippen LogP contribution in [0.15, 0.2) is 21.7 Å². The molecule has 0 spiro atoms. The molecule has 0 saturated carbocycles. The first-order valence-corrected chi connectivity index (χ1v) is 5.73. The van der Waals surface area contributed by atoms with Crippen LogP contribution in [0.1, 0.15) is 31.8 Å². The molecule has 1 aromatic rings. The van der Waals surface area contributed by atoms with Gasteiger partial charge >= 0.3 is 6.03 Å². The zero-order valence-electron chi connectivity index (χ0n) is 10.6. The highest BCUT2D eigenvalue weighted by Crippen LogP contribution is 2.20. The number of nitrogens with one attached hydrogen (secondary N) is 1. The van der Waals surface area contributed by atoms with Crippen molar-refractivity contribution in [1.82, 2.24) is 10.3 Å². The average Bonchev–Trinajstić information content (AvgIpc) is 2.82. The van der Waals surface area contributed by atoms with Gasteiger partial charge in [0.25, 0.3) is 5.91 Å². The standard InChI is InChI=1S/C12H15N3O3/c1-4-12(3)10(16)15(11(17)14-12)13-7-9-6-5-8(2)18-9/h5-7H,4H2,1-3H3,(H,14,17)/b13-7-/t12-/m0/s1. The van der Waals surface area contributed by atoms with Gasteiger partial charge in [-0.25, -0.2) is 4.79 Å². The Labute approximate surface area is 105 Å². The summed E-state index contributed by atoms with van der Waals surface area (Å²) in [5.74, 6) is 0.889. The van der Waals surface area contributed by atoms with Crippen LogP contribution < -0.4 is 5.32 Å². The number of hydrogen-bond donors (Lipinski definition) is 1. The molecule has 1 aliphatic rings. The second kappa shape index (κ2) is 4.29. The fourth-order valence-corrected chi connectivity index (χ4v) is 1.65. The van der Waals surface area contributed by atoms with E-state index in [1.54, 1.807) is 26.0 Å². The van der Waals surface area contributed by atoms with Crippen molar-refractivity contribution < 1.29 is 14.0 Å².